The van der Waals surface area contributed by atoms with Gasteiger partial charge in [-0.3, -0.25) is 4.98 Å². The normalized spacial score (nSPS) is 9.93. The van der Waals surface area contributed by atoms with E-state index in [2.05, 4.69) is 10.3 Å². The van der Waals surface area contributed by atoms with Crippen molar-refractivity contribution in [1.82, 2.24) is 10.3 Å². The molecule has 0 saturated heterocycles. The van der Waals surface area contributed by atoms with E-state index in [-0.39, 0.29) is 6.04 Å². The molecular weight excluding hydrogens is 200 g/mol. The van der Waals surface area contributed by atoms with E-state index in [4.69, 9.17) is 4.18 Å². The van der Waals surface area contributed by atoms with Crippen LogP contribution in [0.4, 0.5) is 4.79 Å². The molecule has 0 bridgehead atoms. The standard InChI is InChI=1S/C9H12N2O2S/c1-7(2)11-9(12)13-14-8-4-3-5-10-6-8/h3-7H,1-2H3,(H,11,12). The first kappa shape index (κ1) is 10.8. The molecule has 1 N–H and O–H groups in total. The average Bonchev–Trinajstić information content (AvgIpc) is 2.15. The van der Waals surface area contributed by atoms with E-state index in [9.17, 15) is 4.79 Å². The van der Waals surface area contributed by atoms with Gasteiger partial charge in [0.25, 0.3) is 0 Å². The highest BCUT2D eigenvalue weighted by molar-refractivity contribution is 7.95. The average molecular weight is 212 g/mol. The summed E-state index contributed by atoms with van der Waals surface area (Å²) in [5.41, 5.74) is 0. The van der Waals surface area contributed by atoms with Gasteiger partial charge < -0.3 is 9.50 Å². The molecule has 1 rings (SSSR count). The molecule has 4 nitrogen and oxygen atoms in total. The third-order valence-electron chi connectivity index (χ3n) is 1.25. The van der Waals surface area contributed by atoms with Crippen LogP contribution >= 0.6 is 12.0 Å². The molecule has 1 heterocycles. The van der Waals surface area contributed by atoms with Gasteiger partial charge in [0.05, 0.1) is 16.9 Å². The number of carbonyl (C=O) groups excluding carboxylic acids is 1. The van der Waals surface area contributed by atoms with Crippen LogP contribution in [0.2, 0.25) is 0 Å². The van der Waals surface area contributed by atoms with Crippen molar-refractivity contribution in [2.75, 3.05) is 0 Å². The van der Waals surface area contributed by atoms with Gasteiger partial charge >= 0.3 is 6.09 Å². The molecule has 0 unspecified atom stereocenters. The third-order valence-corrected chi connectivity index (χ3v) is 1.92. The predicted octanol–water partition coefficient (Wildman–Crippen LogP) is 2.22. The molecular formula is C9H12N2O2S. The van der Waals surface area contributed by atoms with Crippen LogP contribution in [0.5, 0.6) is 0 Å². The maximum absolute atomic E-state index is 11.1. The van der Waals surface area contributed by atoms with E-state index in [1.165, 1.54) is 0 Å². The van der Waals surface area contributed by atoms with Crippen molar-refractivity contribution in [3.05, 3.63) is 24.5 Å². The Morgan fingerprint density at radius 2 is 2.43 bits per heavy atom. The Labute approximate surface area is 87.3 Å². The minimum atomic E-state index is -0.436. The van der Waals surface area contributed by atoms with E-state index in [1.54, 1.807) is 18.5 Å². The maximum atomic E-state index is 11.1. The molecule has 76 valence electrons. The number of pyridine rings is 1. The Bertz CT molecular complexity index is 290. The lowest BCUT2D eigenvalue weighted by atomic mass is 10.4. The fourth-order valence-electron chi connectivity index (χ4n) is 0.742. The van der Waals surface area contributed by atoms with E-state index in [0.29, 0.717) is 0 Å². The Morgan fingerprint density at radius 3 is 3.00 bits per heavy atom. The molecule has 0 spiro atoms. The summed E-state index contributed by atoms with van der Waals surface area (Å²) in [6.07, 6.45) is 2.86. The zero-order valence-corrected chi connectivity index (χ0v) is 8.88. The molecule has 0 aliphatic rings. The summed E-state index contributed by atoms with van der Waals surface area (Å²) in [5.74, 6) is 0. The molecule has 0 saturated carbocycles. The molecule has 5 heteroatoms. The van der Waals surface area contributed by atoms with E-state index < -0.39 is 6.09 Å². The van der Waals surface area contributed by atoms with Crippen molar-refractivity contribution >= 4 is 18.1 Å². The van der Waals surface area contributed by atoms with Crippen molar-refractivity contribution in [3.8, 4) is 0 Å². The van der Waals surface area contributed by atoms with Crippen LogP contribution in [0, 0.1) is 0 Å². The van der Waals surface area contributed by atoms with Crippen LogP contribution in [0.1, 0.15) is 13.8 Å². The molecule has 0 radical (unpaired) electrons. The zero-order valence-electron chi connectivity index (χ0n) is 8.06. The molecule has 0 aliphatic carbocycles. The largest absolute Gasteiger partial charge is 0.419 e. The Hall–Kier alpha value is -1.23. The number of hydrogen-bond donors (Lipinski definition) is 1. The first-order chi connectivity index (χ1) is 6.68. The molecule has 1 aromatic heterocycles. The van der Waals surface area contributed by atoms with Crippen LogP contribution < -0.4 is 5.32 Å². The number of aromatic nitrogens is 1. The molecule has 1 amide bonds. The highest BCUT2D eigenvalue weighted by atomic mass is 32.2. The molecule has 1 aromatic rings. The lowest BCUT2D eigenvalue weighted by Crippen LogP contribution is -2.29. The van der Waals surface area contributed by atoms with Crippen LogP contribution in [-0.2, 0) is 4.18 Å². The Kier molecular flexibility index (Phi) is 4.25. The molecule has 0 aliphatic heterocycles. The fraction of sp³-hybridized carbons (Fsp3) is 0.333. The number of rotatable bonds is 3. The molecule has 0 fully saturated rings. The second-order valence-corrected chi connectivity index (χ2v) is 3.75. The van der Waals surface area contributed by atoms with Crippen LogP contribution in [-0.4, -0.2) is 17.1 Å². The van der Waals surface area contributed by atoms with Gasteiger partial charge in [-0.1, -0.05) is 0 Å². The second kappa shape index (κ2) is 5.49. The molecule has 0 aromatic carbocycles. The summed E-state index contributed by atoms with van der Waals surface area (Å²) < 4.78 is 4.87. The summed E-state index contributed by atoms with van der Waals surface area (Å²) in [5, 5.41) is 2.61. The van der Waals surface area contributed by atoms with E-state index in [0.717, 1.165) is 16.9 Å². The topological polar surface area (TPSA) is 51.2 Å². The number of hydrogen-bond acceptors (Lipinski definition) is 4. The van der Waals surface area contributed by atoms with Crippen molar-refractivity contribution in [1.29, 1.82) is 0 Å². The summed E-state index contributed by atoms with van der Waals surface area (Å²) in [4.78, 5) is 15.7. The van der Waals surface area contributed by atoms with Gasteiger partial charge in [-0.2, -0.15) is 0 Å². The summed E-state index contributed by atoms with van der Waals surface area (Å²) in [7, 11) is 0. The lowest BCUT2D eigenvalue weighted by Gasteiger charge is -2.07. The Morgan fingerprint density at radius 1 is 1.64 bits per heavy atom. The Balaban J connectivity index is 2.31. The van der Waals surface area contributed by atoms with Crippen LogP contribution in [0.3, 0.4) is 0 Å². The lowest BCUT2D eigenvalue weighted by molar-refractivity contribution is 0.205. The monoisotopic (exact) mass is 212 g/mol. The number of amides is 1. The van der Waals surface area contributed by atoms with Gasteiger partial charge in [0.1, 0.15) is 0 Å². The number of nitrogens with zero attached hydrogens (tertiary/aromatic N) is 1. The summed E-state index contributed by atoms with van der Waals surface area (Å²) in [6, 6.07) is 3.68. The summed E-state index contributed by atoms with van der Waals surface area (Å²) >= 11 is 0.996. The van der Waals surface area contributed by atoms with Crippen molar-refractivity contribution < 1.29 is 8.98 Å². The molecule has 14 heavy (non-hydrogen) atoms. The van der Waals surface area contributed by atoms with Gasteiger partial charge in [0.2, 0.25) is 0 Å². The summed E-state index contributed by atoms with van der Waals surface area (Å²) in [6.45, 7) is 3.74. The zero-order chi connectivity index (χ0) is 10.4. The highest BCUT2D eigenvalue weighted by Crippen LogP contribution is 2.16. The van der Waals surface area contributed by atoms with Gasteiger partial charge in [-0.25, -0.2) is 4.79 Å². The van der Waals surface area contributed by atoms with Crippen LogP contribution in [0.25, 0.3) is 0 Å². The van der Waals surface area contributed by atoms with Crippen molar-refractivity contribution in [2.24, 2.45) is 0 Å². The smallest absolute Gasteiger partial charge is 0.370 e. The van der Waals surface area contributed by atoms with E-state index in [1.807, 2.05) is 19.9 Å². The van der Waals surface area contributed by atoms with Gasteiger partial charge in [-0.15, -0.1) is 0 Å². The number of nitrogens with one attached hydrogen (secondary N) is 1. The second-order valence-electron chi connectivity index (χ2n) is 2.94. The van der Waals surface area contributed by atoms with E-state index >= 15 is 0 Å². The van der Waals surface area contributed by atoms with Gasteiger partial charge in [0, 0.05) is 18.4 Å². The quantitative estimate of drug-likeness (QED) is 0.780. The SMILES string of the molecule is CC(C)NC(=O)OSc1cccnc1. The van der Waals surface area contributed by atoms with Gasteiger partial charge in [-0.05, 0) is 26.0 Å². The fourth-order valence-corrected chi connectivity index (χ4v) is 1.20. The minimum Gasteiger partial charge on any atom is -0.370 e. The minimum absolute atomic E-state index is 0.0806. The first-order valence-electron chi connectivity index (χ1n) is 4.23. The van der Waals surface area contributed by atoms with Crippen molar-refractivity contribution in [2.45, 2.75) is 24.8 Å². The van der Waals surface area contributed by atoms with Crippen LogP contribution in [0.15, 0.2) is 29.4 Å². The molecule has 0 atom stereocenters. The maximum Gasteiger partial charge on any atom is 0.419 e. The predicted molar refractivity (Wildman–Crippen MR) is 54.8 cm³/mol. The number of carbonyl (C=O) groups is 1. The highest BCUT2D eigenvalue weighted by Gasteiger charge is 2.04. The van der Waals surface area contributed by atoms with Gasteiger partial charge in [0.15, 0.2) is 0 Å². The van der Waals surface area contributed by atoms with Crippen molar-refractivity contribution in [3.63, 3.8) is 0 Å². The third kappa shape index (κ3) is 4.13. The first-order valence-corrected chi connectivity index (χ1v) is 4.97.